The minimum absolute atomic E-state index is 0.141. The monoisotopic (exact) mass is 313 g/mol. The average Bonchev–Trinajstić information content (AvgIpc) is 2.60. The maximum Gasteiger partial charge on any atom is 0.379 e. The zero-order chi connectivity index (χ0) is 16.7. The molecule has 1 saturated heterocycles. The van der Waals surface area contributed by atoms with Crippen LogP contribution in [0.15, 0.2) is 24.4 Å². The Morgan fingerprint density at radius 1 is 1.43 bits per heavy atom. The molecule has 120 valence electrons. The number of ketones is 1. The van der Waals surface area contributed by atoms with Crippen LogP contribution in [0, 0.1) is 17.2 Å². The fraction of sp³-hybridized carbons (Fsp3) is 0.412. The van der Waals surface area contributed by atoms with E-state index in [4.69, 9.17) is 5.26 Å². The van der Waals surface area contributed by atoms with Crippen molar-refractivity contribution < 1.29 is 14.3 Å². The number of esters is 1. The zero-order valence-electron chi connectivity index (χ0n) is 13.1. The maximum atomic E-state index is 11.5. The van der Waals surface area contributed by atoms with Crippen molar-refractivity contribution in [2.75, 3.05) is 24.6 Å². The fourth-order valence-electron chi connectivity index (χ4n) is 2.36. The Labute approximate surface area is 135 Å². The molecule has 0 bridgehead atoms. The average molecular weight is 313 g/mol. The normalized spacial score (nSPS) is 15.4. The largest absolute Gasteiger partial charge is 0.460 e. The maximum absolute atomic E-state index is 11.5. The van der Waals surface area contributed by atoms with Crippen LogP contribution in [0.3, 0.4) is 0 Å². The van der Waals surface area contributed by atoms with Gasteiger partial charge in [0, 0.05) is 25.2 Å². The predicted octanol–water partition coefficient (Wildman–Crippen LogP) is 1.97. The molecule has 6 heteroatoms. The first kappa shape index (κ1) is 16.7. The number of ether oxygens (including phenoxy) is 1. The van der Waals surface area contributed by atoms with Crippen molar-refractivity contribution in [2.24, 2.45) is 5.92 Å². The van der Waals surface area contributed by atoms with Crippen LogP contribution in [0.25, 0.3) is 6.08 Å². The molecule has 0 aliphatic carbocycles. The first-order valence-electron chi connectivity index (χ1n) is 7.63. The molecule has 0 spiro atoms. The highest BCUT2D eigenvalue weighted by Gasteiger charge is 2.19. The molecule has 1 aliphatic heterocycles. The summed E-state index contributed by atoms with van der Waals surface area (Å²) < 4.78 is 4.62. The van der Waals surface area contributed by atoms with Crippen molar-refractivity contribution in [2.45, 2.75) is 19.8 Å². The Bertz CT molecular complexity index is 623. The molecular formula is C17H19N3O3. The molecule has 0 radical (unpaired) electrons. The lowest BCUT2D eigenvalue weighted by molar-refractivity contribution is -0.151. The lowest BCUT2D eigenvalue weighted by Gasteiger charge is -2.30. The van der Waals surface area contributed by atoms with Crippen LogP contribution in [-0.4, -0.2) is 36.4 Å². The molecule has 2 heterocycles. The van der Waals surface area contributed by atoms with Gasteiger partial charge in [-0.25, -0.2) is 9.78 Å². The lowest BCUT2D eigenvalue weighted by Crippen LogP contribution is -2.33. The van der Waals surface area contributed by atoms with Crippen LogP contribution in [0.1, 0.15) is 25.3 Å². The second-order valence-corrected chi connectivity index (χ2v) is 5.26. The van der Waals surface area contributed by atoms with Crippen molar-refractivity contribution in [1.29, 1.82) is 5.26 Å². The topological polar surface area (TPSA) is 83.3 Å². The van der Waals surface area contributed by atoms with Gasteiger partial charge in [-0.2, -0.15) is 5.26 Å². The van der Waals surface area contributed by atoms with Gasteiger partial charge in [0.05, 0.1) is 12.7 Å². The van der Waals surface area contributed by atoms with Crippen LogP contribution in [0.5, 0.6) is 0 Å². The number of pyridine rings is 1. The third-order valence-electron chi connectivity index (χ3n) is 3.68. The lowest BCUT2D eigenvalue weighted by atomic mass is 9.99. The van der Waals surface area contributed by atoms with Crippen LogP contribution in [-0.2, 0) is 14.3 Å². The van der Waals surface area contributed by atoms with Gasteiger partial charge in [-0.15, -0.1) is 0 Å². The highest BCUT2D eigenvalue weighted by molar-refractivity contribution is 6.39. The Morgan fingerprint density at radius 3 is 2.74 bits per heavy atom. The number of nitriles is 1. The van der Waals surface area contributed by atoms with Gasteiger partial charge in [-0.3, -0.25) is 4.79 Å². The van der Waals surface area contributed by atoms with Gasteiger partial charge in [0.15, 0.2) is 0 Å². The van der Waals surface area contributed by atoms with Gasteiger partial charge in [0.2, 0.25) is 0 Å². The number of rotatable bonds is 5. The summed E-state index contributed by atoms with van der Waals surface area (Å²) >= 11 is 0. The SMILES string of the molecule is CCOC(=O)C(=O)C=Cc1ccc(N2CCC(C#N)CC2)nc1. The summed E-state index contributed by atoms with van der Waals surface area (Å²) in [4.78, 5) is 29.2. The van der Waals surface area contributed by atoms with Gasteiger partial charge >= 0.3 is 5.97 Å². The van der Waals surface area contributed by atoms with Crippen LogP contribution >= 0.6 is 0 Å². The molecule has 1 aliphatic rings. The molecule has 6 nitrogen and oxygen atoms in total. The molecule has 2 rings (SSSR count). The van der Waals surface area contributed by atoms with Crippen molar-refractivity contribution >= 4 is 23.6 Å². The van der Waals surface area contributed by atoms with E-state index in [0.717, 1.165) is 37.3 Å². The number of hydrogen-bond acceptors (Lipinski definition) is 6. The second-order valence-electron chi connectivity index (χ2n) is 5.26. The van der Waals surface area contributed by atoms with E-state index >= 15 is 0 Å². The molecule has 0 atom stereocenters. The van der Waals surface area contributed by atoms with Crippen molar-refractivity contribution in [3.8, 4) is 6.07 Å². The summed E-state index contributed by atoms with van der Waals surface area (Å²) in [5.41, 5.74) is 0.735. The molecule has 0 aromatic carbocycles. The second kappa shape index (κ2) is 8.08. The summed E-state index contributed by atoms with van der Waals surface area (Å²) in [6, 6.07) is 6.02. The molecule has 1 aromatic rings. The number of hydrogen-bond donors (Lipinski definition) is 0. The van der Waals surface area contributed by atoms with Gasteiger partial charge in [-0.1, -0.05) is 0 Å². The van der Waals surface area contributed by atoms with Crippen molar-refractivity contribution in [3.63, 3.8) is 0 Å². The van der Waals surface area contributed by atoms with E-state index in [2.05, 4.69) is 20.7 Å². The first-order valence-corrected chi connectivity index (χ1v) is 7.63. The summed E-state index contributed by atoms with van der Waals surface area (Å²) in [6.07, 6.45) is 6.09. The zero-order valence-corrected chi connectivity index (χ0v) is 13.1. The van der Waals surface area contributed by atoms with Crippen LogP contribution in [0.4, 0.5) is 5.82 Å². The van der Waals surface area contributed by atoms with E-state index < -0.39 is 11.8 Å². The first-order chi connectivity index (χ1) is 11.1. The highest BCUT2D eigenvalue weighted by Crippen LogP contribution is 2.21. The predicted molar refractivity (Wildman–Crippen MR) is 85.5 cm³/mol. The Hall–Kier alpha value is -2.68. The van der Waals surface area contributed by atoms with E-state index in [9.17, 15) is 9.59 Å². The number of piperidine rings is 1. The Morgan fingerprint density at radius 2 is 2.17 bits per heavy atom. The van der Waals surface area contributed by atoms with Crippen LogP contribution < -0.4 is 4.90 Å². The van der Waals surface area contributed by atoms with Gasteiger partial charge in [0.25, 0.3) is 5.78 Å². The number of nitrogens with zero attached hydrogens (tertiary/aromatic N) is 3. The summed E-state index contributed by atoms with van der Waals surface area (Å²) in [6.45, 7) is 3.47. The standard InChI is InChI=1S/C17H19N3O3/c1-2-23-17(22)15(21)5-3-14-4-6-16(19-12-14)20-9-7-13(11-18)8-10-20/h3-6,12-13H,2,7-10H2,1H3. The third-order valence-corrected chi connectivity index (χ3v) is 3.68. The smallest absolute Gasteiger partial charge is 0.379 e. The van der Waals surface area contributed by atoms with E-state index in [0.29, 0.717) is 0 Å². The van der Waals surface area contributed by atoms with Gasteiger partial charge in [0.1, 0.15) is 5.82 Å². The number of carbonyl (C=O) groups is 2. The van der Waals surface area contributed by atoms with E-state index in [1.54, 1.807) is 13.1 Å². The minimum Gasteiger partial charge on any atom is -0.460 e. The molecule has 0 N–H and O–H groups in total. The fourth-order valence-corrected chi connectivity index (χ4v) is 2.36. The number of aromatic nitrogens is 1. The molecule has 23 heavy (non-hydrogen) atoms. The van der Waals surface area contributed by atoms with Crippen molar-refractivity contribution in [1.82, 2.24) is 4.98 Å². The highest BCUT2D eigenvalue weighted by atomic mass is 16.5. The van der Waals surface area contributed by atoms with Gasteiger partial charge in [-0.05, 0) is 49.6 Å². The van der Waals surface area contributed by atoms with E-state index in [-0.39, 0.29) is 12.5 Å². The molecule has 1 fully saturated rings. The third kappa shape index (κ3) is 4.65. The minimum atomic E-state index is -0.853. The summed E-state index contributed by atoms with van der Waals surface area (Å²) in [7, 11) is 0. The summed E-state index contributed by atoms with van der Waals surface area (Å²) in [5.74, 6) is -0.541. The molecule has 1 aromatic heterocycles. The summed E-state index contributed by atoms with van der Waals surface area (Å²) in [5, 5.41) is 8.91. The number of anilines is 1. The molecule has 0 unspecified atom stereocenters. The Kier molecular flexibility index (Phi) is 5.87. The molecule has 0 saturated carbocycles. The van der Waals surface area contributed by atoms with Crippen molar-refractivity contribution in [3.05, 3.63) is 30.0 Å². The van der Waals surface area contributed by atoms with Gasteiger partial charge < -0.3 is 9.64 Å². The van der Waals surface area contributed by atoms with E-state index in [1.807, 2.05) is 12.1 Å². The quantitative estimate of drug-likeness (QED) is 0.469. The van der Waals surface area contributed by atoms with Crippen LogP contribution in [0.2, 0.25) is 0 Å². The molecular weight excluding hydrogens is 294 g/mol. The Balaban J connectivity index is 1.94. The molecule has 0 amide bonds. The van der Waals surface area contributed by atoms with E-state index in [1.165, 1.54) is 12.2 Å². The number of carbonyl (C=O) groups excluding carboxylic acids is 2.